The highest BCUT2D eigenvalue weighted by Crippen LogP contribution is 2.08. The van der Waals surface area contributed by atoms with Crippen molar-refractivity contribution in [2.45, 2.75) is 13.5 Å². The van der Waals surface area contributed by atoms with Crippen LogP contribution in [0, 0.1) is 6.92 Å². The van der Waals surface area contributed by atoms with Gasteiger partial charge in [0.2, 0.25) is 0 Å². The monoisotopic (exact) mass is 256 g/mol. The number of aromatic nitrogens is 2. The van der Waals surface area contributed by atoms with E-state index in [0.29, 0.717) is 0 Å². The molecule has 0 radical (unpaired) electrons. The average molecular weight is 256 g/mol. The van der Waals surface area contributed by atoms with Gasteiger partial charge < -0.3 is 9.30 Å². The fourth-order valence-electron chi connectivity index (χ4n) is 1.74. The Morgan fingerprint density at radius 1 is 1.37 bits per heavy atom. The third-order valence-electron chi connectivity index (χ3n) is 2.72. The molecule has 0 spiro atoms. The van der Waals surface area contributed by atoms with Gasteiger partial charge in [0.25, 0.3) is 0 Å². The number of benzene rings is 1. The second-order valence-corrected chi connectivity index (χ2v) is 4.29. The molecule has 0 saturated carbocycles. The molecule has 1 aromatic heterocycles. The van der Waals surface area contributed by atoms with E-state index in [9.17, 15) is 4.79 Å². The molecule has 1 aromatic carbocycles. The summed E-state index contributed by atoms with van der Waals surface area (Å²) in [6.45, 7) is 2.76. The molecular weight excluding hydrogens is 240 g/mol. The molecule has 0 amide bonds. The number of carbonyl (C=O) groups excluding carboxylic acids is 1. The van der Waals surface area contributed by atoms with Gasteiger partial charge in [-0.3, -0.25) is 0 Å². The Morgan fingerprint density at radius 3 is 2.68 bits per heavy atom. The summed E-state index contributed by atoms with van der Waals surface area (Å²) >= 11 is 0. The molecule has 4 heteroatoms. The van der Waals surface area contributed by atoms with Crippen molar-refractivity contribution in [1.82, 2.24) is 9.55 Å². The Labute approximate surface area is 112 Å². The van der Waals surface area contributed by atoms with Crippen molar-refractivity contribution < 1.29 is 9.53 Å². The van der Waals surface area contributed by atoms with E-state index in [-0.39, 0.29) is 5.97 Å². The van der Waals surface area contributed by atoms with Gasteiger partial charge in [-0.15, -0.1) is 0 Å². The van der Waals surface area contributed by atoms with Gasteiger partial charge in [0.1, 0.15) is 0 Å². The number of ether oxygens (including phenoxy) is 1. The SMILES string of the molecule is COC(=O)/C=C/c1ccc(Cn2cnc(C)c2)cc1. The Morgan fingerprint density at radius 2 is 2.11 bits per heavy atom. The maximum absolute atomic E-state index is 11.0. The van der Waals surface area contributed by atoms with Gasteiger partial charge >= 0.3 is 5.97 Å². The number of carbonyl (C=O) groups is 1. The number of aryl methyl sites for hydroxylation is 1. The molecule has 4 nitrogen and oxygen atoms in total. The second kappa shape index (κ2) is 6.00. The summed E-state index contributed by atoms with van der Waals surface area (Å²) in [6, 6.07) is 8.01. The van der Waals surface area contributed by atoms with Crippen LogP contribution in [0.5, 0.6) is 0 Å². The lowest BCUT2D eigenvalue weighted by Gasteiger charge is -2.02. The van der Waals surface area contributed by atoms with Crippen LogP contribution in [0.2, 0.25) is 0 Å². The molecule has 0 atom stereocenters. The van der Waals surface area contributed by atoms with E-state index in [1.54, 1.807) is 6.08 Å². The normalized spacial score (nSPS) is 10.8. The van der Waals surface area contributed by atoms with Gasteiger partial charge in [0.15, 0.2) is 0 Å². The van der Waals surface area contributed by atoms with Crippen molar-refractivity contribution >= 4 is 12.0 Å². The number of rotatable bonds is 4. The van der Waals surface area contributed by atoms with Gasteiger partial charge in [-0.25, -0.2) is 9.78 Å². The number of hydrogen-bond donors (Lipinski definition) is 0. The maximum Gasteiger partial charge on any atom is 0.330 e. The van der Waals surface area contributed by atoms with Crippen molar-refractivity contribution in [2.24, 2.45) is 0 Å². The first-order chi connectivity index (χ1) is 9.17. The summed E-state index contributed by atoms with van der Waals surface area (Å²) in [5.74, 6) is -0.349. The summed E-state index contributed by atoms with van der Waals surface area (Å²) in [5, 5.41) is 0. The fraction of sp³-hybridized carbons (Fsp3) is 0.200. The van der Waals surface area contributed by atoms with Gasteiger partial charge in [-0.05, 0) is 24.1 Å². The minimum absolute atomic E-state index is 0.349. The van der Waals surface area contributed by atoms with Crippen molar-refractivity contribution in [3.63, 3.8) is 0 Å². The second-order valence-electron chi connectivity index (χ2n) is 4.29. The van der Waals surface area contributed by atoms with Crippen LogP contribution < -0.4 is 0 Å². The zero-order valence-corrected chi connectivity index (χ0v) is 11.0. The Bertz CT molecular complexity index is 582. The van der Waals surface area contributed by atoms with Gasteiger partial charge in [-0.1, -0.05) is 24.3 Å². The first-order valence-corrected chi connectivity index (χ1v) is 6.01. The largest absolute Gasteiger partial charge is 0.466 e. The first kappa shape index (κ1) is 13.1. The highest BCUT2D eigenvalue weighted by molar-refractivity contribution is 5.86. The molecule has 0 bridgehead atoms. The van der Waals surface area contributed by atoms with Crippen molar-refractivity contribution in [1.29, 1.82) is 0 Å². The lowest BCUT2D eigenvalue weighted by Crippen LogP contribution is -1.96. The Hall–Kier alpha value is -2.36. The smallest absolute Gasteiger partial charge is 0.330 e. The third kappa shape index (κ3) is 3.81. The number of esters is 1. The van der Waals surface area contributed by atoms with Crippen LogP contribution in [0.1, 0.15) is 16.8 Å². The zero-order chi connectivity index (χ0) is 13.7. The summed E-state index contributed by atoms with van der Waals surface area (Å²) in [7, 11) is 1.36. The zero-order valence-electron chi connectivity index (χ0n) is 11.0. The van der Waals surface area contributed by atoms with Crippen molar-refractivity contribution in [3.05, 3.63) is 59.7 Å². The third-order valence-corrected chi connectivity index (χ3v) is 2.72. The van der Waals surface area contributed by atoms with Gasteiger partial charge in [0.05, 0.1) is 19.1 Å². The summed E-state index contributed by atoms with van der Waals surface area (Å²) < 4.78 is 6.58. The minimum atomic E-state index is -0.349. The molecule has 0 aliphatic rings. The van der Waals surface area contributed by atoms with Gasteiger partial charge in [0, 0.05) is 18.8 Å². The molecule has 19 heavy (non-hydrogen) atoms. The lowest BCUT2D eigenvalue weighted by molar-refractivity contribution is -0.134. The minimum Gasteiger partial charge on any atom is -0.466 e. The summed E-state index contributed by atoms with van der Waals surface area (Å²) in [6.07, 6.45) is 6.97. The number of nitrogens with zero attached hydrogens (tertiary/aromatic N) is 2. The molecule has 1 heterocycles. The molecule has 2 aromatic rings. The number of hydrogen-bond acceptors (Lipinski definition) is 3. The van der Waals surface area contributed by atoms with Crippen LogP contribution in [0.15, 0.2) is 42.9 Å². The van der Waals surface area contributed by atoms with Gasteiger partial charge in [-0.2, -0.15) is 0 Å². The van der Waals surface area contributed by atoms with Crippen LogP contribution in [0.25, 0.3) is 6.08 Å². The molecular formula is C15H16N2O2. The molecule has 0 saturated heterocycles. The Balaban J connectivity index is 2.02. The van der Waals surface area contributed by atoms with Crippen LogP contribution in [-0.4, -0.2) is 22.6 Å². The number of methoxy groups -OCH3 is 1. The topological polar surface area (TPSA) is 44.1 Å². The maximum atomic E-state index is 11.0. The average Bonchev–Trinajstić information content (AvgIpc) is 2.83. The van der Waals surface area contributed by atoms with E-state index in [1.807, 2.05) is 48.3 Å². The molecule has 0 aliphatic carbocycles. The number of imidazole rings is 1. The first-order valence-electron chi connectivity index (χ1n) is 6.01. The van der Waals surface area contributed by atoms with Crippen molar-refractivity contribution in [2.75, 3.05) is 7.11 Å². The Kier molecular flexibility index (Phi) is 4.13. The van der Waals surface area contributed by atoms with Crippen LogP contribution >= 0.6 is 0 Å². The van der Waals surface area contributed by atoms with Crippen LogP contribution in [0.3, 0.4) is 0 Å². The predicted molar refractivity (Wildman–Crippen MR) is 73.6 cm³/mol. The molecule has 98 valence electrons. The predicted octanol–water partition coefficient (Wildman–Crippen LogP) is 2.43. The van der Waals surface area contributed by atoms with E-state index in [0.717, 1.165) is 17.8 Å². The van der Waals surface area contributed by atoms with E-state index in [4.69, 9.17) is 0 Å². The molecule has 0 fully saturated rings. The quantitative estimate of drug-likeness (QED) is 0.623. The highest BCUT2D eigenvalue weighted by atomic mass is 16.5. The lowest BCUT2D eigenvalue weighted by atomic mass is 10.1. The van der Waals surface area contributed by atoms with E-state index in [1.165, 1.54) is 18.7 Å². The molecule has 0 N–H and O–H groups in total. The van der Waals surface area contributed by atoms with E-state index >= 15 is 0 Å². The van der Waals surface area contributed by atoms with Crippen LogP contribution in [-0.2, 0) is 16.1 Å². The standard InChI is InChI=1S/C15H16N2O2/c1-12-9-17(11-16-12)10-14-5-3-13(4-6-14)7-8-15(18)19-2/h3-9,11H,10H2,1-2H3/b8-7+. The van der Waals surface area contributed by atoms with Crippen LogP contribution in [0.4, 0.5) is 0 Å². The van der Waals surface area contributed by atoms with E-state index in [2.05, 4.69) is 9.72 Å². The van der Waals surface area contributed by atoms with E-state index < -0.39 is 0 Å². The fourth-order valence-corrected chi connectivity index (χ4v) is 1.74. The summed E-state index contributed by atoms with van der Waals surface area (Å²) in [5.41, 5.74) is 3.17. The summed E-state index contributed by atoms with van der Waals surface area (Å²) in [4.78, 5) is 15.2. The molecule has 0 unspecified atom stereocenters. The van der Waals surface area contributed by atoms with Crippen molar-refractivity contribution in [3.8, 4) is 0 Å². The highest BCUT2D eigenvalue weighted by Gasteiger charge is 1.97. The molecule has 2 rings (SSSR count). The molecule has 0 aliphatic heterocycles.